The van der Waals surface area contributed by atoms with Crippen LogP contribution in [0.1, 0.15) is 34.1 Å². The second kappa shape index (κ2) is 9.52. The largest absolute Gasteiger partial charge is 0.460 e. The van der Waals surface area contributed by atoms with Crippen molar-refractivity contribution in [2.75, 3.05) is 26.2 Å². The van der Waals surface area contributed by atoms with Crippen LogP contribution in [0.4, 0.5) is 0 Å². The van der Waals surface area contributed by atoms with E-state index in [1.165, 1.54) is 0 Å². The fraction of sp³-hybridized carbons (Fsp3) is 0.733. The maximum Gasteiger partial charge on any atom is 0.333 e. The Hall–Kier alpha value is -1.40. The van der Waals surface area contributed by atoms with Crippen LogP contribution in [0.25, 0.3) is 0 Å². The average Bonchev–Trinajstić information content (AvgIpc) is 2.43. The predicted octanol–water partition coefficient (Wildman–Crippen LogP) is 0.609. The van der Waals surface area contributed by atoms with Gasteiger partial charge in [0.25, 0.3) is 0 Å². The predicted molar refractivity (Wildman–Crippen MR) is 81.7 cm³/mol. The van der Waals surface area contributed by atoms with Crippen molar-refractivity contribution in [2.45, 2.75) is 40.2 Å². The lowest BCUT2D eigenvalue weighted by molar-refractivity contribution is -0.141. The van der Waals surface area contributed by atoms with E-state index in [-0.39, 0.29) is 24.5 Å². The minimum absolute atomic E-state index is 0.0164. The van der Waals surface area contributed by atoms with E-state index in [0.717, 1.165) is 6.42 Å². The minimum Gasteiger partial charge on any atom is -0.460 e. The van der Waals surface area contributed by atoms with Crippen LogP contribution in [-0.4, -0.2) is 49.3 Å². The van der Waals surface area contributed by atoms with Gasteiger partial charge >= 0.3 is 5.97 Å². The highest BCUT2D eigenvalue weighted by Gasteiger charge is 2.24. The molecule has 6 heteroatoms. The van der Waals surface area contributed by atoms with Gasteiger partial charge in [-0.3, -0.25) is 4.79 Å². The van der Waals surface area contributed by atoms with Crippen molar-refractivity contribution in [2.24, 2.45) is 5.41 Å². The molecule has 0 aromatic rings. The van der Waals surface area contributed by atoms with Crippen LogP contribution >= 0.6 is 0 Å². The molecule has 21 heavy (non-hydrogen) atoms. The third kappa shape index (κ3) is 8.47. The molecule has 0 bridgehead atoms. The molecule has 6 nitrogen and oxygen atoms in total. The molecule has 1 atom stereocenters. The summed E-state index contributed by atoms with van der Waals surface area (Å²) in [6, 6.07) is 0. The van der Waals surface area contributed by atoms with Crippen LogP contribution in [-0.2, 0) is 14.3 Å². The molecule has 0 fully saturated rings. The van der Waals surface area contributed by atoms with Crippen LogP contribution in [0.5, 0.6) is 0 Å². The number of carbonyl (C=O) groups is 2. The summed E-state index contributed by atoms with van der Waals surface area (Å²) in [4.78, 5) is 22.9. The summed E-state index contributed by atoms with van der Waals surface area (Å²) in [5.41, 5.74) is -0.0626. The van der Waals surface area contributed by atoms with E-state index in [4.69, 9.17) is 4.74 Å². The first kappa shape index (κ1) is 19.6. The van der Waals surface area contributed by atoms with Crippen molar-refractivity contribution in [1.82, 2.24) is 10.6 Å². The third-order valence-corrected chi connectivity index (χ3v) is 3.22. The topological polar surface area (TPSA) is 87.7 Å². The fourth-order valence-electron chi connectivity index (χ4n) is 1.29. The average molecular weight is 300 g/mol. The molecular weight excluding hydrogens is 272 g/mol. The van der Waals surface area contributed by atoms with Gasteiger partial charge in [-0.15, -0.1) is 0 Å². The monoisotopic (exact) mass is 300 g/mol. The molecule has 0 rings (SSSR count). The van der Waals surface area contributed by atoms with Gasteiger partial charge in [-0.2, -0.15) is 0 Å². The lowest BCUT2D eigenvalue weighted by Gasteiger charge is -2.21. The van der Waals surface area contributed by atoms with Crippen molar-refractivity contribution in [1.29, 1.82) is 0 Å². The molecule has 0 heterocycles. The van der Waals surface area contributed by atoms with Gasteiger partial charge < -0.3 is 20.5 Å². The van der Waals surface area contributed by atoms with Gasteiger partial charge in [-0.05, 0) is 13.3 Å². The summed E-state index contributed by atoms with van der Waals surface area (Å²) in [5, 5.41) is 15.4. The number of amides is 1. The second-order valence-electron chi connectivity index (χ2n) is 5.73. The molecule has 0 spiro atoms. The Balaban J connectivity index is 3.70. The maximum atomic E-state index is 11.8. The number of aliphatic hydroxyl groups is 1. The highest BCUT2D eigenvalue weighted by Crippen LogP contribution is 2.18. The first-order valence-electron chi connectivity index (χ1n) is 7.20. The molecule has 0 radical (unpaired) electrons. The number of rotatable bonds is 10. The van der Waals surface area contributed by atoms with E-state index in [0.29, 0.717) is 18.7 Å². The summed E-state index contributed by atoms with van der Waals surface area (Å²) in [5.74, 6) is -0.495. The fourth-order valence-corrected chi connectivity index (χ4v) is 1.29. The number of ether oxygens (including phenoxy) is 1. The van der Waals surface area contributed by atoms with E-state index in [1.807, 2.05) is 20.8 Å². The highest BCUT2D eigenvalue weighted by atomic mass is 16.5. The molecule has 122 valence electrons. The van der Waals surface area contributed by atoms with Crippen molar-refractivity contribution < 1.29 is 19.4 Å². The van der Waals surface area contributed by atoms with Crippen LogP contribution in [0, 0.1) is 5.41 Å². The van der Waals surface area contributed by atoms with E-state index >= 15 is 0 Å². The highest BCUT2D eigenvalue weighted by molar-refractivity contribution is 5.86. The summed E-state index contributed by atoms with van der Waals surface area (Å²) in [6.07, 6.45) is -0.00455. The van der Waals surface area contributed by atoms with Crippen molar-refractivity contribution in [3.63, 3.8) is 0 Å². The quantitative estimate of drug-likeness (QED) is 0.312. The van der Waals surface area contributed by atoms with Gasteiger partial charge in [0.2, 0.25) is 5.91 Å². The number of esters is 1. The Morgan fingerprint density at radius 1 is 1.33 bits per heavy atom. The van der Waals surface area contributed by atoms with E-state index in [9.17, 15) is 14.7 Å². The molecular formula is C15H28N2O4. The SMILES string of the molecule is C=C(C)C(=O)OCC(O)CNCCNC(=O)C(C)(C)CC. The summed E-state index contributed by atoms with van der Waals surface area (Å²) in [7, 11) is 0. The van der Waals surface area contributed by atoms with Crippen LogP contribution in [0.3, 0.4) is 0 Å². The van der Waals surface area contributed by atoms with E-state index < -0.39 is 12.1 Å². The molecule has 3 N–H and O–H groups in total. The zero-order chi connectivity index (χ0) is 16.5. The van der Waals surface area contributed by atoms with Crippen molar-refractivity contribution >= 4 is 11.9 Å². The molecule has 0 saturated heterocycles. The number of nitrogens with one attached hydrogen (secondary N) is 2. The van der Waals surface area contributed by atoms with E-state index in [2.05, 4.69) is 17.2 Å². The second-order valence-corrected chi connectivity index (χ2v) is 5.73. The molecule has 0 aromatic heterocycles. The van der Waals surface area contributed by atoms with Crippen LogP contribution in [0.15, 0.2) is 12.2 Å². The van der Waals surface area contributed by atoms with Gasteiger partial charge in [0.05, 0.1) is 0 Å². The lowest BCUT2D eigenvalue weighted by atomic mass is 9.89. The number of hydrogen-bond acceptors (Lipinski definition) is 5. The molecule has 0 aliphatic carbocycles. The lowest BCUT2D eigenvalue weighted by Crippen LogP contribution is -2.41. The zero-order valence-corrected chi connectivity index (χ0v) is 13.5. The first-order valence-corrected chi connectivity index (χ1v) is 7.20. The normalized spacial score (nSPS) is 12.6. The number of hydrogen-bond donors (Lipinski definition) is 3. The Morgan fingerprint density at radius 2 is 1.95 bits per heavy atom. The van der Waals surface area contributed by atoms with Gasteiger partial charge in [0.1, 0.15) is 12.7 Å². The van der Waals surface area contributed by atoms with Gasteiger partial charge in [-0.1, -0.05) is 27.4 Å². The van der Waals surface area contributed by atoms with E-state index in [1.54, 1.807) is 6.92 Å². The molecule has 0 aliphatic rings. The molecule has 0 aromatic carbocycles. The van der Waals surface area contributed by atoms with Crippen molar-refractivity contribution in [3.8, 4) is 0 Å². The Labute approximate surface area is 126 Å². The number of aliphatic hydroxyl groups excluding tert-OH is 1. The summed E-state index contributed by atoms with van der Waals surface area (Å²) >= 11 is 0. The molecule has 0 aliphatic heterocycles. The molecule has 1 amide bonds. The minimum atomic E-state index is -0.781. The first-order chi connectivity index (χ1) is 9.70. The third-order valence-electron chi connectivity index (χ3n) is 3.22. The van der Waals surface area contributed by atoms with Crippen LogP contribution in [0.2, 0.25) is 0 Å². The standard InChI is InChI=1S/C15H28N2O4/c1-6-15(4,5)14(20)17-8-7-16-9-12(18)10-21-13(19)11(2)3/h12,16,18H,2,6-10H2,1,3-5H3,(H,17,20). The zero-order valence-electron chi connectivity index (χ0n) is 13.5. The van der Waals surface area contributed by atoms with Gasteiger partial charge in [0.15, 0.2) is 0 Å². The van der Waals surface area contributed by atoms with Gasteiger partial charge in [0, 0.05) is 30.6 Å². The van der Waals surface area contributed by atoms with Gasteiger partial charge in [-0.25, -0.2) is 4.79 Å². The van der Waals surface area contributed by atoms with Crippen LogP contribution < -0.4 is 10.6 Å². The maximum absolute atomic E-state index is 11.8. The Morgan fingerprint density at radius 3 is 2.48 bits per heavy atom. The number of carbonyl (C=O) groups excluding carboxylic acids is 2. The summed E-state index contributed by atoms with van der Waals surface area (Å²) < 4.78 is 4.82. The molecule has 1 unspecified atom stereocenters. The smallest absolute Gasteiger partial charge is 0.333 e. The van der Waals surface area contributed by atoms with Crippen molar-refractivity contribution in [3.05, 3.63) is 12.2 Å². The Bertz CT molecular complexity index is 367. The summed E-state index contributed by atoms with van der Waals surface area (Å²) in [6.45, 7) is 12.0. The molecule has 0 saturated carbocycles. The Kier molecular flexibility index (Phi) is 8.89.